The fourth-order valence-corrected chi connectivity index (χ4v) is 3.64. The van der Waals surface area contributed by atoms with Gasteiger partial charge in [-0.15, -0.1) is 0 Å². The van der Waals surface area contributed by atoms with Crippen LogP contribution in [0.25, 0.3) is 0 Å². The molecule has 0 saturated carbocycles. The number of hydrogen-bond donors (Lipinski definition) is 0. The van der Waals surface area contributed by atoms with Crippen molar-refractivity contribution < 1.29 is 17.2 Å². The van der Waals surface area contributed by atoms with Gasteiger partial charge in [-0.25, -0.2) is 21.5 Å². The predicted octanol–water partition coefficient (Wildman–Crippen LogP) is 2.49. The molecule has 1 aliphatic heterocycles. The number of sulfonamides is 1. The first-order chi connectivity index (χ1) is 8.94. The fourth-order valence-electron chi connectivity index (χ4n) is 2.46. The van der Waals surface area contributed by atoms with Crippen molar-refractivity contribution in [1.29, 1.82) is 0 Å². The third-order valence-electron chi connectivity index (χ3n) is 3.54. The normalized spacial score (nSPS) is 21.5. The van der Waals surface area contributed by atoms with Crippen LogP contribution in [0, 0.1) is 11.6 Å². The Morgan fingerprint density at radius 2 is 2.11 bits per heavy atom. The van der Waals surface area contributed by atoms with Gasteiger partial charge in [0.05, 0.1) is 5.75 Å². The van der Waals surface area contributed by atoms with Crippen molar-refractivity contribution in [3.05, 3.63) is 35.4 Å². The van der Waals surface area contributed by atoms with E-state index in [1.165, 1.54) is 10.4 Å². The first kappa shape index (κ1) is 14.4. The minimum absolute atomic E-state index is 0.0331. The van der Waals surface area contributed by atoms with E-state index in [4.69, 9.17) is 0 Å². The topological polar surface area (TPSA) is 37.4 Å². The molecule has 1 aromatic carbocycles. The molecular weight excluding hydrogens is 272 g/mol. The van der Waals surface area contributed by atoms with Crippen LogP contribution in [0.2, 0.25) is 0 Å². The van der Waals surface area contributed by atoms with Gasteiger partial charge in [0.15, 0.2) is 0 Å². The number of piperidine rings is 1. The quantitative estimate of drug-likeness (QED) is 0.857. The van der Waals surface area contributed by atoms with Crippen LogP contribution < -0.4 is 0 Å². The van der Waals surface area contributed by atoms with E-state index in [9.17, 15) is 17.2 Å². The minimum Gasteiger partial charge on any atom is -0.212 e. The molecule has 3 nitrogen and oxygen atoms in total. The molecule has 0 spiro atoms. The van der Waals surface area contributed by atoms with Crippen LogP contribution in [0.3, 0.4) is 0 Å². The molecule has 0 aromatic heterocycles. The first-order valence-electron chi connectivity index (χ1n) is 6.37. The lowest BCUT2D eigenvalue weighted by atomic mass is 9.91. The van der Waals surface area contributed by atoms with Crippen LogP contribution in [-0.2, 0) is 10.0 Å². The molecule has 6 heteroatoms. The summed E-state index contributed by atoms with van der Waals surface area (Å²) >= 11 is 0. The van der Waals surface area contributed by atoms with Gasteiger partial charge >= 0.3 is 0 Å². The lowest BCUT2D eigenvalue weighted by Crippen LogP contribution is -2.40. The van der Waals surface area contributed by atoms with Crippen molar-refractivity contribution in [2.75, 3.05) is 18.8 Å². The molecule has 106 valence electrons. The molecule has 0 bridgehead atoms. The van der Waals surface area contributed by atoms with E-state index >= 15 is 0 Å². The molecule has 1 atom stereocenters. The highest BCUT2D eigenvalue weighted by molar-refractivity contribution is 7.89. The van der Waals surface area contributed by atoms with E-state index in [0.717, 1.165) is 12.1 Å². The Morgan fingerprint density at radius 1 is 1.37 bits per heavy atom. The average Bonchev–Trinajstić information content (AvgIpc) is 2.41. The van der Waals surface area contributed by atoms with E-state index < -0.39 is 21.7 Å². The molecule has 19 heavy (non-hydrogen) atoms. The van der Waals surface area contributed by atoms with Crippen LogP contribution in [0.4, 0.5) is 8.78 Å². The molecule has 0 radical (unpaired) electrons. The Hall–Kier alpha value is -1.01. The second kappa shape index (κ2) is 5.54. The van der Waals surface area contributed by atoms with Gasteiger partial charge in [0.2, 0.25) is 10.0 Å². The maximum absolute atomic E-state index is 13.7. The number of rotatable bonds is 3. The average molecular weight is 289 g/mol. The second-order valence-corrected chi connectivity index (χ2v) is 7.02. The van der Waals surface area contributed by atoms with Gasteiger partial charge in [-0.05, 0) is 43.5 Å². The summed E-state index contributed by atoms with van der Waals surface area (Å²) < 4.78 is 52.0. The van der Waals surface area contributed by atoms with Gasteiger partial charge in [0, 0.05) is 19.0 Å². The van der Waals surface area contributed by atoms with Gasteiger partial charge in [-0.1, -0.05) is 0 Å². The van der Waals surface area contributed by atoms with Crippen molar-refractivity contribution in [1.82, 2.24) is 4.31 Å². The van der Waals surface area contributed by atoms with Crippen LogP contribution in [0.15, 0.2) is 18.2 Å². The number of nitrogens with zero attached hydrogens (tertiary/aromatic N) is 1. The maximum atomic E-state index is 13.7. The monoisotopic (exact) mass is 289 g/mol. The first-order valence-corrected chi connectivity index (χ1v) is 7.97. The molecule has 1 saturated heterocycles. The molecule has 1 heterocycles. The largest absolute Gasteiger partial charge is 0.213 e. The number of halogens is 2. The van der Waals surface area contributed by atoms with Crippen LogP contribution >= 0.6 is 0 Å². The highest BCUT2D eigenvalue weighted by Crippen LogP contribution is 2.30. The summed E-state index contributed by atoms with van der Waals surface area (Å²) in [6.45, 7) is 2.28. The third kappa shape index (κ3) is 3.12. The van der Waals surface area contributed by atoms with Crippen molar-refractivity contribution in [3.8, 4) is 0 Å². The molecule has 0 unspecified atom stereocenters. The van der Waals surface area contributed by atoms with E-state index in [1.54, 1.807) is 6.92 Å². The highest BCUT2D eigenvalue weighted by atomic mass is 32.2. The third-order valence-corrected chi connectivity index (χ3v) is 5.39. The Morgan fingerprint density at radius 3 is 2.79 bits per heavy atom. The lowest BCUT2D eigenvalue weighted by Gasteiger charge is -2.32. The summed E-state index contributed by atoms with van der Waals surface area (Å²) in [5, 5.41) is 0. The Kier molecular flexibility index (Phi) is 4.20. The van der Waals surface area contributed by atoms with Crippen LogP contribution in [0.5, 0.6) is 0 Å². The van der Waals surface area contributed by atoms with E-state index in [2.05, 4.69) is 0 Å². The Bertz CT molecular complexity index is 560. The zero-order valence-electron chi connectivity index (χ0n) is 10.8. The molecule has 0 N–H and O–H groups in total. The van der Waals surface area contributed by atoms with E-state index in [-0.39, 0.29) is 23.8 Å². The molecule has 1 aliphatic rings. The van der Waals surface area contributed by atoms with E-state index in [0.29, 0.717) is 19.4 Å². The summed E-state index contributed by atoms with van der Waals surface area (Å²) in [5.74, 6) is -1.20. The molecule has 0 aliphatic carbocycles. The number of benzene rings is 1. The van der Waals surface area contributed by atoms with E-state index in [1.807, 2.05) is 0 Å². The van der Waals surface area contributed by atoms with Crippen LogP contribution in [0.1, 0.15) is 31.2 Å². The van der Waals surface area contributed by atoms with Crippen molar-refractivity contribution in [2.24, 2.45) is 0 Å². The fraction of sp³-hybridized carbons (Fsp3) is 0.538. The molecule has 0 amide bonds. The van der Waals surface area contributed by atoms with Crippen molar-refractivity contribution in [2.45, 2.75) is 25.7 Å². The maximum Gasteiger partial charge on any atom is 0.213 e. The van der Waals surface area contributed by atoms with Crippen molar-refractivity contribution >= 4 is 10.0 Å². The lowest BCUT2D eigenvalue weighted by molar-refractivity contribution is 0.311. The molecule has 1 aromatic rings. The zero-order valence-corrected chi connectivity index (χ0v) is 11.6. The highest BCUT2D eigenvalue weighted by Gasteiger charge is 2.29. The SMILES string of the molecule is CCS(=O)(=O)N1CCC[C@H](c2cc(F)ccc2F)C1. The smallest absolute Gasteiger partial charge is 0.212 e. The Balaban J connectivity index is 2.24. The Labute approximate surface area is 112 Å². The molecular formula is C13H17F2NO2S. The summed E-state index contributed by atoms with van der Waals surface area (Å²) in [7, 11) is -3.27. The summed E-state index contributed by atoms with van der Waals surface area (Å²) in [4.78, 5) is 0. The summed E-state index contributed by atoms with van der Waals surface area (Å²) in [6, 6.07) is 3.34. The summed E-state index contributed by atoms with van der Waals surface area (Å²) in [6.07, 6.45) is 1.34. The van der Waals surface area contributed by atoms with Gasteiger partial charge in [0.25, 0.3) is 0 Å². The standard InChI is InChI=1S/C13H17F2NO2S/c1-2-19(17,18)16-7-3-4-10(9-16)12-8-11(14)5-6-13(12)15/h5-6,8,10H,2-4,7,9H2,1H3/t10-/m0/s1. The summed E-state index contributed by atoms with van der Waals surface area (Å²) in [5.41, 5.74) is 0.274. The van der Waals surface area contributed by atoms with Crippen molar-refractivity contribution in [3.63, 3.8) is 0 Å². The van der Waals surface area contributed by atoms with Gasteiger partial charge in [-0.2, -0.15) is 0 Å². The zero-order chi connectivity index (χ0) is 14.0. The van der Waals surface area contributed by atoms with Gasteiger partial charge in [0.1, 0.15) is 11.6 Å². The van der Waals surface area contributed by atoms with Gasteiger partial charge < -0.3 is 0 Å². The predicted molar refractivity (Wildman–Crippen MR) is 69.4 cm³/mol. The molecule has 2 rings (SSSR count). The van der Waals surface area contributed by atoms with Crippen LogP contribution in [-0.4, -0.2) is 31.6 Å². The molecule has 1 fully saturated rings. The van der Waals surface area contributed by atoms with Gasteiger partial charge in [-0.3, -0.25) is 0 Å². The minimum atomic E-state index is -3.27. The number of hydrogen-bond acceptors (Lipinski definition) is 2. The second-order valence-electron chi connectivity index (χ2n) is 4.76.